The fraction of sp³-hybridized carbons (Fsp3) is 0.286. The van der Waals surface area contributed by atoms with Crippen molar-refractivity contribution in [1.29, 1.82) is 0 Å². The van der Waals surface area contributed by atoms with Crippen molar-refractivity contribution in [3.05, 3.63) is 58.9 Å². The molecular weight excluding hydrogens is 374 g/mol. The van der Waals surface area contributed by atoms with Gasteiger partial charge in [0.15, 0.2) is 5.16 Å². The van der Waals surface area contributed by atoms with Crippen LogP contribution < -0.4 is 15.6 Å². The minimum Gasteiger partial charge on any atom is -0.497 e. The molecule has 146 valence electrons. The summed E-state index contributed by atoms with van der Waals surface area (Å²) in [5.41, 5.74) is 1.23. The van der Waals surface area contributed by atoms with Crippen molar-refractivity contribution in [2.24, 2.45) is 0 Å². The van der Waals surface area contributed by atoms with Gasteiger partial charge in [0.25, 0.3) is 5.56 Å². The minimum atomic E-state index is -0.378. The van der Waals surface area contributed by atoms with E-state index in [-0.39, 0.29) is 16.7 Å². The molecule has 2 aromatic carbocycles. The molecule has 0 spiro atoms. The van der Waals surface area contributed by atoms with E-state index in [1.54, 1.807) is 23.8 Å². The Balaban J connectivity index is 1.87. The summed E-state index contributed by atoms with van der Waals surface area (Å²) >= 11 is 1.31. The van der Waals surface area contributed by atoms with Crippen molar-refractivity contribution in [1.82, 2.24) is 9.55 Å². The number of hydrogen-bond donors (Lipinski definition) is 1. The van der Waals surface area contributed by atoms with Gasteiger partial charge in [-0.15, -0.1) is 0 Å². The number of anilines is 1. The van der Waals surface area contributed by atoms with Crippen LogP contribution >= 0.6 is 11.8 Å². The van der Waals surface area contributed by atoms with Gasteiger partial charge in [0, 0.05) is 18.3 Å². The number of fused-ring (bicyclic) bond motifs is 1. The molecule has 1 heterocycles. The van der Waals surface area contributed by atoms with E-state index in [1.807, 2.05) is 50.2 Å². The largest absolute Gasteiger partial charge is 0.497 e. The van der Waals surface area contributed by atoms with E-state index in [0.717, 1.165) is 0 Å². The van der Waals surface area contributed by atoms with E-state index in [4.69, 9.17) is 4.74 Å². The molecule has 1 aromatic heterocycles. The number of aromatic nitrogens is 2. The first-order chi connectivity index (χ1) is 13.6. The molecule has 1 unspecified atom stereocenters. The maximum Gasteiger partial charge on any atom is 0.262 e. The second-order valence-corrected chi connectivity index (χ2v) is 7.37. The summed E-state index contributed by atoms with van der Waals surface area (Å²) in [6, 6.07) is 14.5. The van der Waals surface area contributed by atoms with Crippen LogP contribution in [-0.4, -0.2) is 27.8 Å². The molecule has 0 aliphatic rings. The molecule has 0 aliphatic heterocycles. The third kappa shape index (κ3) is 4.20. The summed E-state index contributed by atoms with van der Waals surface area (Å²) in [6.07, 6.45) is 0.604. The molecule has 7 heteroatoms. The average Bonchev–Trinajstić information content (AvgIpc) is 2.72. The first kappa shape index (κ1) is 19.9. The van der Waals surface area contributed by atoms with Gasteiger partial charge >= 0.3 is 0 Å². The topological polar surface area (TPSA) is 73.2 Å². The Kier molecular flexibility index (Phi) is 6.36. The predicted octanol–water partition coefficient (Wildman–Crippen LogP) is 3.93. The Morgan fingerprint density at radius 3 is 2.71 bits per heavy atom. The van der Waals surface area contributed by atoms with Crippen LogP contribution in [0, 0.1) is 0 Å². The van der Waals surface area contributed by atoms with Gasteiger partial charge in [0.2, 0.25) is 5.91 Å². The van der Waals surface area contributed by atoms with Gasteiger partial charge in [0.05, 0.1) is 23.3 Å². The van der Waals surface area contributed by atoms with Crippen molar-refractivity contribution in [2.75, 3.05) is 12.4 Å². The molecule has 3 rings (SSSR count). The number of para-hydroxylation sites is 1. The molecule has 6 nitrogen and oxygen atoms in total. The van der Waals surface area contributed by atoms with Gasteiger partial charge < -0.3 is 10.1 Å². The second-order valence-electron chi connectivity index (χ2n) is 6.20. The number of ether oxygens (including phenoxy) is 1. The molecule has 0 saturated carbocycles. The monoisotopic (exact) mass is 397 g/mol. The quantitative estimate of drug-likeness (QED) is 0.483. The maximum absolute atomic E-state index is 12.8. The highest BCUT2D eigenvalue weighted by molar-refractivity contribution is 8.00. The molecular formula is C21H23N3O3S. The standard InChI is InChI=1S/C21H23N3O3S/c1-4-18(19(25)22-14-9-8-10-15(13-14)27-3)28-21-23-17-12-7-6-11-16(17)20(26)24(21)5-2/h6-13,18H,4-5H2,1-3H3,(H,22,25). The summed E-state index contributed by atoms with van der Waals surface area (Å²) in [7, 11) is 1.58. The number of methoxy groups -OCH3 is 1. The zero-order valence-electron chi connectivity index (χ0n) is 16.1. The molecule has 0 bridgehead atoms. The number of benzene rings is 2. The number of nitrogens with one attached hydrogen (secondary N) is 1. The van der Waals surface area contributed by atoms with Crippen LogP contribution in [0.2, 0.25) is 0 Å². The predicted molar refractivity (Wildman–Crippen MR) is 113 cm³/mol. The molecule has 1 N–H and O–H groups in total. The Hall–Kier alpha value is -2.80. The van der Waals surface area contributed by atoms with Gasteiger partial charge in [-0.05, 0) is 37.6 Å². The van der Waals surface area contributed by atoms with Gasteiger partial charge in [-0.2, -0.15) is 0 Å². The molecule has 1 amide bonds. The number of rotatable bonds is 7. The van der Waals surface area contributed by atoms with Crippen molar-refractivity contribution < 1.29 is 9.53 Å². The maximum atomic E-state index is 12.8. The first-order valence-electron chi connectivity index (χ1n) is 9.18. The molecule has 0 saturated heterocycles. The lowest BCUT2D eigenvalue weighted by molar-refractivity contribution is -0.115. The summed E-state index contributed by atoms with van der Waals surface area (Å²) in [5.74, 6) is 0.542. The van der Waals surface area contributed by atoms with Gasteiger partial charge in [0.1, 0.15) is 5.75 Å². The van der Waals surface area contributed by atoms with Crippen molar-refractivity contribution in [3.63, 3.8) is 0 Å². The summed E-state index contributed by atoms with van der Waals surface area (Å²) in [4.78, 5) is 30.2. The summed E-state index contributed by atoms with van der Waals surface area (Å²) < 4.78 is 6.82. The lowest BCUT2D eigenvalue weighted by atomic mass is 10.2. The number of nitrogens with zero attached hydrogens (tertiary/aromatic N) is 2. The minimum absolute atomic E-state index is 0.0846. The molecule has 0 radical (unpaired) electrons. The van der Waals surface area contributed by atoms with Crippen molar-refractivity contribution in [3.8, 4) is 5.75 Å². The van der Waals surface area contributed by atoms with Crippen LogP contribution in [0.5, 0.6) is 5.75 Å². The molecule has 0 aliphatic carbocycles. The van der Waals surface area contributed by atoms with Crippen LogP contribution in [0.25, 0.3) is 10.9 Å². The Labute approximate surface area is 167 Å². The lowest BCUT2D eigenvalue weighted by Gasteiger charge is -2.17. The number of thioether (sulfide) groups is 1. The first-order valence-corrected chi connectivity index (χ1v) is 10.1. The van der Waals surface area contributed by atoms with Crippen LogP contribution in [-0.2, 0) is 11.3 Å². The third-order valence-electron chi connectivity index (χ3n) is 4.39. The fourth-order valence-corrected chi connectivity index (χ4v) is 3.97. The van der Waals surface area contributed by atoms with Gasteiger partial charge in [-0.3, -0.25) is 14.2 Å². The normalized spacial score (nSPS) is 12.0. The zero-order chi connectivity index (χ0) is 20.1. The fourth-order valence-electron chi connectivity index (χ4n) is 2.89. The highest BCUT2D eigenvalue weighted by Crippen LogP contribution is 2.26. The highest BCUT2D eigenvalue weighted by atomic mass is 32.2. The number of carbonyl (C=O) groups excluding carboxylic acids is 1. The van der Waals surface area contributed by atoms with E-state index in [2.05, 4.69) is 10.3 Å². The Bertz CT molecular complexity index is 1050. The molecule has 0 fully saturated rings. The van der Waals surface area contributed by atoms with E-state index >= 15 is 0 Å². The molecule has 3 aromatic rings. The van der Waals surface area contributed by atoms with Crippen molar-refractivity contribution >= 4 is 34.3 Å². The summed E-state index contributed by atoms with van der Waals surface area (Å²) in [5, 5.41) is 3.68. The third-order valence-corrected chi connectivity index (χ3v) is 5.75. The average molecular weight is 398 g/mol. The van der Waals surface area contributed by atoms with E-state index in [0.29, 0.717) is 40.5 Å². The van der Waals surface area contributed by atoms with E-state index < -0.39 is 0 Å². The smallest absolute Gasteiger partial charge is 0.262 e. The van der Waals surface area contributed by atoms with Crippen LogP contribution in [0.1, 0.15) is 20.3 Å². The lowest BCUT2D eigenvalue weighted by Crippen LogP contribution is -2.28. The highest BCUT2D eigenvalue weighted by Gasteiger charge is 2.22. The van der Waals surface area contributed by atoms with Crippen LogP contribution in [0.3, 0.4) is 0 Å². The SMILES string of the molecule is CCC(Sc1nc2ccccc2c(=O)n1CC)C(=O)Nc1cccc(OC)c1. The van der Waals surface area contributed by atoms with Crippen molar-refractivity contribution in [2.45, 2.75) is 37.2 Å². The summed E-state index contributed by atoms with van der Waals surface area (Å²) in [6.45, 7) is 4.34. The van der Waals surface area contributed by atoms with Crippen LogP contribution in [0.15, 0.2) is 58.5 Å². The van der Waals surface area contributed by atoms with Gasteiger partial charge in [-0.1, -0.05) is 36.9 Å². The zero-order valence-corrected chi connectivity index (χ0v) is 17.0. The number of amides is 1. The van der Waals surface area contributed by atoms with Crippen LogP contribution in [0.4, 0.5) is 5.69 Å². The number of carbonyl (C=O) groups is 1. The molecule has 28 heavy (non-hydrogen) atoms. The Morgan fingerprint density at radius 2 is 2.00 bits per heavy atom. The second kappa shape index (κ2) is 8.93. The molecule has 1 atom stereocenters. The Morgan fingerprint density at radius 1 is 1.21 bits per heavy atom. The van der Waals surface area contributed by atoms with E-state index in [9.17, 15) is 9.59 Å². The van der Waals surface area contributed by atoms with E-state index in [1.165, 1.54) is 11.8 Å². The van der Waals surface area contributed by atoms with Gasteiger partial charge in [-0.25, -0.2) is 4.98 Å². The number of hydrogen-bond acceptors (Lipinski definition) is 5.